The number of para-hydroxylation sites is 1. The molecule has 3 rings (SSSR count). The average molecular weight is 303 g/mol. The number of hydrogen-bond donors (Lipinski definition) is 1. The number of sulfonamides is 1. The van der Waals surface area contributed by atoms with Crippen molar-refractivity contribution in [3.8, 4) is 0 Å². The molecule has 2 aromatic carbocycles. The van der Waals surface area contributed by atoms with Crippen LogP contribution in [-0.2, 0) is 10.0 Å². The monoisotopic (exact) mass is 303 g/mol. The molecule has 0 saturated carbocycles. The highest BCUT2D eigenvalue weighted by atomic mass is 32.2. The molecule has 1 aliphatic rings. The quantitative estimate of drug-likeness (QED) is 0.881. The third-order valence-electron chi connectivity index (χ3n) is 3.87. The molecule has 0 bridgehead atoms. The van der Waals surface area contributed by atoms with Crippen LogP contribution in [-0.4, -0.2) is 20.1 Å². The van der Waals surface area contributed by atoms with Gasteiger partial charge in [-0.3, -0.25) is 4.31 Å². The fraction of sp³-hybridized carbons (Fsp3) is 0.250. The minimum Gasteiger partial charge on any atom is -0.386 e. The molecule has 1 unspecified atom stereocenters. The van der Waals surface area contributed by atoms with Crippen LogP contribution in [0.1, 0.15) is 22.8 Å². The maximum Gasteiger partial charge on any atom is 0.264 e. The molecule has 0 radical (unpaired) electrons. The highest BCUT2D eigenvalue weighted by Crippen LogP contribution is 2.37. The summed E-state index contributed by atoms with van der Waals surface area (Å²) in [6, 6.07) is 12.3. The number of aryl methyl sites for hydroxylation is 2. The normalized spacial score (nSPS) is 20.1. The molecular weight excluding hydrogens is 286 g/mol. The van der Waals surface area contributed by atoms with Gasteiger partial charge in [0.05, 0.1) is 23.2 Å². The Kier molecular flexibility index (Phi) is 3.26. The van der Waals surface area contributed by atoms with Gasteiger partial charge in [0.1, 0.15) is 0 Å². The molecule has 0 fully saturated rings. The zero-order valence-corrected chi connectivity index (χ0v) is 12.8. The lowest BCUT2D eigenvalue weighted by Gasteiger charge is -2.34. The third kappa shape index (κ3) is 2.13. The Morgan fingerprint density at radius 1 is 1.05 bits per heavy atom. The first-order chi connectivity index (χ1) is 9.93. The van der Waals surface area contributed by atoms with E-state index in [1.165, 1.54) is 4.31 Å². The highest BCUT2D eigenvalue weighted by Gasteiger charge is 2.37. The van der Waals surface area contributed by atoms with Gasteiger partial charge in [-0.05, 0) is 31.0 Å². The molecule has 0 amide bonds. The number of fused-ring (bicyclic) bond motifs is 1. The van der Waals surface area contributed by atoms with Crippen LogP contribution in [0, 0.1) is 13.8 Å². The Hall–Kier alpha value is -1.85. The molecule has 110 valence electrons. The molecule has 1 N–H and O–H groups in total. The van der Waals surface area contributed by atoms with Crippen molar-refractivity contribution >= 4 is 15.7 Å². The summed E-state index contributed by atoms with van der Waals surface area (Å²) in [7, 11) is -3.64. The van der Waals surface area contributed by atoms with Crippen molar-refractivity contribution in [3.05, 3.63) is 59.2 Å². The van der Waals surface area contributed by atoms with E-state index >= 15 is 0 Å². The van der Waals surface area contributed by atoms with Crippen molar-refractivity contribution in [1.29, 1.82) is 0 Å². The van der Waals surface area contributed by atoms with Gasteiger partial charge in [0, 0.05) is 5.56 Å². The van der Waals surface area contributed by atoms with Crippen LogP contribution in [0.4, 0.5) is 5.69 Å². The molecule has 4 nitrogen and oxygen atoms in total. The summed E-state index contributed by atoms with van der Waals surface area (Å²) >= 11 is 0. The van der Waals surface area contributed by atoms with E-state index in [0.717, 1.165) is 11.1 Å². The van der Waals surface area contributed by atoms with Gasteiger partial charge in [0.25, 0.3) is 10.0 Å². The lowest BCUT2D eigenvalue weighted by Crippen LogP contribution is -2.40. The van der Waals surface area contributed by atoms with Crippen LogP contribution in [0.2, 0.25) is 0 Å². The SMILES string of the molecule is Cc1cccc(C)c1N1CC(O)c2ccccc2S1(=O)=O. The lowest BCUT2D eigenvalue weighted by atomic mass is 10.1. The Morgan fingerprint density at radius 2 is 1.67 bits per heavy atom. The fourth-order valence-corrected chi connectivity index (χ4v) is 4.73. The van der Waals surface area contributed by atoms with Gasteiger partial charge < -0.3 is 5.11 Å². The van der Waals surface area contributed by atoms with E-state index in [1.807, 2.05) is 32.0 Å². The largest absolute Gasteiger partial charge is 0.386 e. The summed E-state index contributed by atoms with van der Waals surface area (Å²) in [5, 5.41) is 10.3. The number of anilines is 1. The zero-order chi connectivity index (χ0) is 15.2. The van der Waals surface area contributed by atoms with Crippen molar-refractivity contribution in [2.45, 2.75) is 24.8 Å². The molecule has 0 spiro atoms. The summed E-state index contributed by atoms with van der Waals surface area (Å²) in [6.45, 7) is 3.81. The van der Waals surface area contributed by atoms with E-state index in [0.29, 0.717) is 11.3 Å². The van der Waals surface area contributed by atoms with E-state index in [9.17, 15) is 13.5 Å². The molecule has 0 aromatic heterocycles. The summed E-state index contributed by atoms with van der Waals surface area (Å²) in [5.74, 6) is 0. The number of aliphatic hydroxyl groups is 1. The highest BCUT2D eigenvalue weighted by molar-refractivity contribution is 7.93. The van der Waals surface area contributed by atoms with Crippen LogP contribution in [0.15, 0.2) is 47.4 Å². The predicted octanol–water partition coefficient (Wildman–Crippen LogP) is 2.55. The van der Waals surface area contributed by atoms with Gasteiger partial charge in [-0.25, -0.2) is 8.42 Å². The summed E-state index contributed by atoms with van der Waals surface area (Å²) in [5.41, 5.74) is 2.89. The number of rotatable bonds is 1. The molecule has 0 aliphatic carbocycles. The molecule has 21 heavy (non-hydrogen) atoms. The third-order valence-corrected chi connectivity index (χ3v) is 5.71. The molecular formula is C16H17NO3S. The second-order valence-electron chi connectivity index (χ2n) is 5.33. The molecule has 1 heterocycles. The van der Waals surface area contributed by atoms with Crippen LogP contribution >= 0.6 is 0 Å². The number of β-amino-alcohol motifs (C(OH)–C–C–N with tert-alkyl or cyclic N) is 1. The molecule has 5 heteroatoms. The van der Waals surface area contributed by atoms with E-state index in [-0.39, 0.29) is 11.4 Å². The standard InChI is InChI=1S/C16H17NO3S/c1-11-6-5-7-12(2)16(11)17-10-14(18)13-8-3-4-9-15(13)21(17,19)20/h3-9,14,18H,10H2,1-2H3. The van der Waals surface area contributed by atoms with Crippen molar-refractivity contribution in [2.75, 3.05) is 10.8 Å². The van der Waals surface area contributed by atoms with Gasteiger partial charge in [0.15, 0.2) is 0 Å². The van der Waals surface area contributed by atoms with Gasteiger partial charge >= 0.3 is 0 Å². The second-order valence-corrected chi connectivity index (χ2v) is 7.16. The molecule has 0 saturated heterocycles. The van der Waals surface area contributed by atoms with Crippen molar-refractivity contribution in [3.63, 3.8) is 0 Å². The Balaban J connectivity index is 2.24. The van der Waals surface area contributed by atoms with Crippen molar-refractivity contribution in [2.24, 2.45) is 0 Å². The topological polar surface area (TPSA) is 57.6 Å². The minimum absolute atomic E-state index is 0.0467. The Bertz CT molecular complexity index is 779. The Morgan fingerprint density at radius 3 is 2.33 bits per heavy atom. The molecule has 2 aromatic rings. The molecule has 1 atom stereocenters. The van der Waals surface area contributed by atoms with E-state index in [4.69, 9.17) is 0 Å². The van der Waals surface area contributed by atoms with Crippen LogP contribution in [0.3, 0.4) is 0 Å². The van der Waals surface area contributed by atoms with E-state index < -0.39 is 16.1 Å². The van der Waals surface area contributed by atoms with Gasteiger partial charge in [0.2, 0.25) is 0 Å². The van der Waals surface area contributed by atoms with Crippen LogP contribution in [0.25, 0.3) is 0 Å². The first-order valence-electron chi connectivity index (χ1n) is 6.79. The maximum atomic E-state index is 12.9. The number of nitrogens with zero attached hydrogens (tertiary/aromatic N) is 1. The second kappa shape index (κ2) is 4.86. The van der Waals surface area contributed by atoms with Crippen molar-refractivity contribution < 1.29 is 13.5 Å². The fourth-order valence-electron chi connectivity index (χ4n) is 2.87. The number of hydrogen-bond acceptors (Lipinski definition) is 3. The van der Waals surface area contributed by atoms with Gasteiger partial charge in [-0.15, -0.1) is 0 Å². The summed E-state index contributed by atoms with van der Waals surface area (Å²) in [6.07, 6.45) is -0.816. The van der Waals surface area contributed by atoms with E-state index in [1.54, 1.807) is 24.3 Å². The lowest BCUT2D eigenvalue weighted by molar-refractivity contribution is 0.181. The Labute approximate surface area is 124 Å². The average Bonchev–Trinajstić information content (AvgIpc) is 2.44. The minimum atomic E-state index is -3.64. The summed E-state index contributed by atoms with van der Waals surface area (Å²) < 4.78 is 27.1. The van der Waals surface area contributed by atoms with Gasteiger partial charge in [-0.1, -0.05) is 36.4 Å². The van der Waals surface area contributed by atoms with Crippen LogP contribution in [0.5, 0.6) is 0 Å². The van der Waals surface area contributed by atoms with Gasteiger partial charge in [-0.2, -0.15) is 0 Å². The smallest absolute Gasteiger partial charge is 0.264 e. The van der Waals surface area contributed by atoms with Crippen LogP contribution < -0.4 is 4.31 Å². The zero-order valence-electron chi connectivity index (χ0n) is 11.9. The predicted molar refractivity (Wildman–Crippen MR) is 81.8 cm³/mol. The molecule has 1 aliphatic heterocycles. The maximum absolute atomic E-state index is 12.9. The van der Waals surface area contributed by atoms with E-state index in [2.05, 4.69) is 0 Å². The van der Waals surface area contributed by atoms with Crippen molar-refractivity contribution in [1.82, 2.24) is 0 Å². The summed E-state index contributed by atoms with van der Waals surface area (Å²) in [4.78, 5) is 0.186. The first kappa shape index (κ1) is 14.1. The number of benzene rings is 2. The number of aliphatic hydroxyl groups excluding tert-OH is 1. The first-order valence-corrected chi connectivity index (χ1v) is 8.23.